The number of benzene rings is 1. The fourth-order valence-corrected chi connectivity index (χ4v) is 2.57. The number of nitriles is 1. The maximum atomic E-state index is 11.9. The number of esters is 1. The number of allylic oxidation sites excluding steroid dienone is 1. The molecule has 1 aromatic carbocycles. The fourth-order valence-electron chi connectivity index (χ4n) is 2.57. The van der Waals surface area contributed by atoms with Gasteiger partial charge in [-0.25, -0.2) is 4.79 Å². The predicted molar refractivity (Wildman–Crippen MR) is 71.7 cm³/mol. The molecule has 0 spiro atoms. The highest BCUT2D eigenvalue weighted by Gasteiger charge is 2.43. The molecule has 2 N–H and O–H groups in total. The molecule has 22 heavy (non-hydrogen) atoms. The van der Waals surface area contributed by atoms with Gasteiger partial charge >= 0.3 is 5.97 Å². The van der Waals surface area contributed by atoms with E-state index >= 15 is 0 Å². The molecule has 0 saturated carbocycles. The van der Waals surface area contributed by atoms with Gasteiger partial charge in [-0.2, -0.15) is 5.26 Å². The molecule has 0 bridgehead atoms. The van der Waals surface area contributed by atoms with Crippen LogP contribution in [0.25, 0.3) is 0 Å². The zero-order valence-electron chi connectivity index (χ0n) is 11.1. The van der Waals surface area contributed by atoms with Crippen molar-refractivity contribution in [2.45, 2.75) is 5.92 Å². The number of para-hydroxylation sites is 1. The highest BCUT2D eigenvalue weighted by molar-refractivity contribution is 5.95. The van der Waals surface area contributed by atoms with Crippen molar-refractivity contribution in [2.24, 2.45) is 5.73 Å². The first-order valence-corrected chi connectivity index (χ1v) is 6.25. The zero-order chi connectivity index (χ0) is 15.9. The average molecular weight is 299 g/mol. The Balaban J connectivity index is 2.26. The molecule has 0 radical (unpaired) electrons. The first kappa shape index (κ1) is 13.6. The van der Waals surface area contributed by atoms with Crippen LogP contribution in [-0.2, 0) is 14.3 Å². The molecule has 2 heterocycles. The molecule has 0 aliphatic carbocycles. The Labute approximate surface area is 124 Å². The third kappa shape index (κ3) is 1.88. The van der Waals surface area contributed by atoms with Crippen molar-refractivity contribution in [1.29, 1.82) is 5.26 Å². The lowest BCUT2D eigenvalue weighted by Crippen LogP contribution is -2.22. The molecule has 2 aliphatic heterocycles. The molecule has 8 heteroatoms. The van der Waals surface area contributed by atoms with Crippen LogP contribution in [0.15, 0.2) is 47.1 Å². The quantitative estimate of drug-likeness (QED) is 0.493. The van der Waals surface area contributed by atoms with Crippen molar-refractivity contribution in [3.63, 3.8) is 0 Å². The molecule has 0 fully saturated rings. The van der Waals surface area contributed by atoms with Crippen molar-refractivity contribution < 1.29 is 19.2 Å². The van der Waals surface area contributed by atoms with Crippen LogP contribution in [0, 0.1) is 21.4 Å². The van der Waals surface area contributed by atoms with Crippen molar-refractivity contribution in [3.05, 3.63) is 62.7 Å². The fraction of sp³-hybridized carbons (Fsp3) is 0.143. The van der Waals surface area contributed by atoms with E-state index < -0.39 is 16.8 Å². The molecule has 0 saturated heterocycles. The minimum absolute atomic E-state index is 0.0492. The van der Waals surface area contributed by atoms with Gasteiger partial charge < -0.3 is 15.2 Å². The highest BCUT2D eigenvalue weighted by Crippen LogP contribution is 2.44. The van der Waals surface area contributed by atoms with Gasteiger partial charge in [-0.1, -0.05) is 18.2 Å². The second kappa shape index (κ2) is 4.89. The van der Waals surface area contributed by atoms with Gasteiger partial charge in [0.25, 0.3) is 5.69 Å². The van der Waals surface area contributed by atoms with E-state index in [1.807, 2.05) is 6.07 Å². The third-order valence-electron chi connectivity index (χ3n) is 3.50. The Bertz CT molecular complexity index is 803. The van der Waals surface area contributed by atoms with Crippen molar-refractivity contribution in [3.8, 4) is 6.07 Å². The Hall–Kier alpha value is -3.34. The molecule has 1 unspecified atom stereocenters. The summed E-state index contributed by atoms with van der Waals surface area (Å²) in [5, 5.41) is 20.5. The van der Waals surface area contributed by atoms with Gasteiger partial charge in [-0.15, -0.1) is 0 Å². The lowest BCUT2D eigenvalue weighted by molar-refractivity contribution is -0.385. The molecule has 1 aromatic rings. The molecule has 0 aromatic heterocycles. The predicted octanol–water partition coefficient (Wildman–Crippen LogP) is 1.21. The zero-order valence-corrected chi connectivity index (χ0v) is 11.1. The maximum Gasteiger partial charge on any atom is 0.339 e. The average Bonchev–Trinajstić information content (AvgIpc) is 2.86. The van der Waals surface area contributed by atoms with E-state index in [1.54, 1.807) is 6.07 Å². The number of carbonyl (C=O) groups excluding carboxylic acids is 1. The summed E-state index contributed by atoms with van der Waals surface area (Å²) < 4.78 is 10.1. The largest absolute Gasteiger partial charge is 0.454 e. The van der Waals surface area contributed by atoms with E-state index in [0.29, 0.717) is 0 Å². The number of nitro benzene ring substituents is 1. The van der Waals surface area contributed by atoms with Crippen LogP contribution in [0.5, 0.6) is 0 Å². The molecular formula is C14H9N3O5. The second-order valence-electron chi connectivity index (χ2n) is 4.65. The lowest BCUT2D eigenvalue weighted by atomic mass is 9.83. The number of ether oxygens (including phenoxy) is 2. The number of nitrogens with zero attached hydrogens (tertiary/aromatic N) is 2. The van der Waals surface area contributed by atoms with E-state index in [1.165, 1.54) is 18.2 Å². The van der Waals surface area contributed by atoms with Gasteiger partial charge in [0, 0.05) is 11.6 Å². The van der Waals surface area contributed by atoms with E-state index in [9.17, 15) is 20.2 Å². The number of cyclic esters (lactones) is 1. The Morgan fingerprint density at radius 3 is 2.82 bits per heavy atom. The summed E-state index contributed by atoms with van der Waals surface area (Å²) in [4.78, 5) is 22.6. The summed E-state index contributed by atoms with van der Waals surface area (Å²) in [7, 11) is 0. The standard InChI is InChI=1S/C14H9N3O5/c15-5-8-11(7-3-1-2-4-9(7)17(19)20)12-10(22-13(8)16)6-21-14(12)18/h1-4,11H,6,16H2. The SMILES string of the molecule is N#CC1=C(N)OC2=C(C(=O)OC2)C1c1ccccc1[N+](=O)[O-]. The topological polar surface area (TPSA) is 128 Å². The number of hydrogen-bond donors (Lipinski definition) is 1. The Morgan fingerprint density at radius 1 is 1.41 bits per heavy atom. The first-order valence-electron chi connectivity index (χ1n) is 6.25. The smallest absolute Gasteiger partial charge is 0.339 e. The van der Waals surface area contributed by atoms with Crippen molar-refractivity contribution in [1.82, 2.24) is 0 Å². The molecule has 1 atom stereocenters. The number of hydrogen-bond acceptors (Lipinski definition) is 7. The van der Waals surface area contributed by atoms with Crippen molar-refractivity contribution in [2.75, 3.05) is 6.61 Å². The summed E-state index contributed by atoms with van der Waals surface area (Å²) in [6, 6.07) is 7.74. The summed E-state index contributed by atoms with van der Waals surface area (Å²) in [5.74, 6) is -1.63. The highest BCUT2D eigenvalue weighted by atomic mass is 16.6. The summed E-state index contributed by atoms with van der Waals surface area (Å²) >= 11 is 0. The van der Waals surface area contributed by atoms with E-state index in [4.69, 9.17) is 15.2 Å². The number of nitrogens with two attached hydrogens (primary N) is 1. The maximum absolute atomic E-state index is 11.9. The molecular weight excluding hydrogens is 290 g/mol. The van der Waals surface area contributed by atoms with Gasteiger partial charge in [0.2, 0.25) is 5.88 Å². The lowest BCUT2D eigenvalue weighted by Gasteiger charge is -2.23. The van der Waals surface area contributed by atoms with Crippen LogP contribution in [0.1, 0.15) is 11.5 Å². The van der Waals surface area contributed by atoms with Gasteiger partial charge in [0.15, 0.2) is 5.76 Å². The molecule has 0 amide bonds. The van der Waals surface area contributed by atoms with Crippen LogP contribution >= 0.6 is 0 Å². The van der Waals surface area contributed by atoms with E-state index in [2.05, 4.69) is 0 Å². The van der Waals surface area contributed by atoms with Gasteiger partial charge in [-0.3, -0.25) is 10.1 Å². The third-order valence-corrected chi connectivity index (χ3v) is 3.50. The minimum atomic E-state index is -0.967. The number of carbonyl (C=O) groups is 1. The van der Waals surface area contributed by atoms with E-state index in [-0.39, 0.29) is 40.6 Å². The second-order valence-corrected chi connectivity index (χ2v) is 4.65. The number of rotatable bonds is 2. The molecule has 2 aliphatic rings. The Kier molecular flexibility index (Phi) is 3.03. The van der Waals surface area contributed by atoms with E-state index in [0.717, 1.165) is 0 Å². The van der Waals surface area contributed by atoms with Gasteiger partial charge in [-0.05, 0) is 0 Å². The molecule has 8 nitrogen and oxygen atoms in total. The van der Waals surface area contributed by atoms with Crippen LogP contribution in [-0.4, -0.2) is 17.5 Å². The minimum Gasteiger partial charge on any atom is -0.454 e. The molecule has 110 valence electrons. The summed E-state index contributed by atoms with van der Waals surface area (Å²) in [6.07, 6.45) is 0. The summed E-state index contributed by atoms with van der Waals surface area (Å²) in [5.41, 5.74) is 5.73. The van der Waals surface area contributed by atoms with Crippen LogP contribution < -0.4 is 5.73 Å². The summed E-state index contributed by atoms with van der Waals surface area (Å²) in [6.45, 7) is -0.106. The first-order chi connectivity index (χ1) is 10.5. The van der Waals surface area contributed by atoms with Crippen molar-refractivity contribution >= 4 is 11.7 Å². The van der Waals surface area contributed by atoms with Gasteiger partial charge in [0.1, 0.15) is 18.2 Å². The number of nitro groups is 1. The molecule has 3 rings (SSSR count). The van der Waals surface area contributed by atoms with Crippen LogP contribution in [0.4, 0.5) is 5.69 Å². The van der Waals surface area contributed by atoms with Crippen LogP contribution in [0.2, 0.25) is 0 Å². The van der Waals surface area contributed by atoms with Crippen LogP contribution in [0.3, 0.4) is 0 Å². The normalized spacial score (nSPS) is 20.1. The van der Waals surface area contributed by atoms with Gasteiger partial charge in [0.05, 0.1) is 16.4 Å². The monoisotopic (exact) mass is 299 g/mol. The Morgan fingerprint density at radius 2 is 2.14 bits per heavy atom.